The molecule has 1 N–H and O–H groups in total. The van der Waals surface area contributed by atoms with E-state index in [2.05, 4.69) is 43.9 Å². The van der Waals surface area contributed by atoms with Crippen LogP contribution in [0.5, 0.6) is 5.75 Å². The van der Waals surface area contributed by atoms with Crippen molar-refractivity contribution in [3.8, 4) is 17.0 Å². The summed E-state index contributed by atoms with van der Waals surface area (Å²) in [6.45, 7) is 7.76. The van der Waals surface area contributed by atoms with E-state index in [1.807, 2.05) is 50.4 Å². The van der Waals surface area contributed by atoms with Crippen molar-refractivity contribution in [3.05, 3.63) is 71.9 Å². The summed E-state index contributed by atoms with van der Waals surface area (Å²) in [4.78, 5) is 17.7. The second-order valence-corrected chi connectivity index (χ2v) is 8.59. The van der Waals surface area contributed by atoms with Gasteiger partial charge in [0.25, 0.3) is 5.91 Å². The Morgan fingerprint density at radius 2 is 1.76 bits per heavy atom. The molecule has 1 aromatic heterocycles. The van der Waals surface area contributed by atoms with Crippen LogP contribution in [0.2, 0.25) is 0 Å². The van der Waals surface area contributed by atoms with E-state index in [1.54, 1.807) is 7.11 Å². The molecular formula is C27H34N4O2. The Labute approximate surface area is 196 Å². The molecule has 0 spiro atoms. The fourth-order valence-corrected chi connectivity index (χ4v) is 4.45. The minimum Gasteiger partial charge on any atom is -0.497 e. The number of ether oxygens (including phenoxy) is 1. The van der Waals surface area contributed by atoms with E-state index in [9.17, 15) is 4.79 Å². The van der Waals surface area contributed by atoms with Crippen molar-refractivity contribution < 1.29 is 9.53 Å². The molecule has 0 unspecified atom stereocenters. The van der Waals surface area contributed by atoms with Gasteiger partial charge in [-0.25, -0.2) is 0 Å². The molecule has 6 nitrogen and oxygen atoms in total. The third-order valence-corrected chi connectivity index (χ3v) is 6.58. The molecule has 1 fully saturated rings. The highest BCUT2D eigenvalue weighted by molar-refractivity contribution is 5.97. The van der Waals surface area contributed by atoms with Crippen LogP contribution >= 0.6 is 0 Å². The van der Waals surface area contributed by atoms with E-state index in [4.69, 9.17) is 4.74 Å². The topological polar surface area (TPSA) is 49.7 Å². The van der Waals surface area contributed by atoms with Crippen LogP contribution in [0.25, 0.3) is 11.3 Å². The highest BCUT2D eigenvalue weighted by Crippen LogP contribution is 2.25. The summed E-state index contributed by atoms with van der Waals surface area (Å²) >= 11 is 0. The van der Waals surface area contributed by atoms with Crippen molar-refractivity contribution in [3.63, 3.8) is 0 Å². The van der Waals surface area contributed by atoms with Gasteiger partial charge >= 0.3 is 0 Å². The van der Waals surface area contributed by atoms with Crippen molar-refractivity contribution in [2.24, 2.45) is 7.05 Å². The normalized spacial score (nSPS) is 14.3. The average molecular weight is 447 g/mol. The molecular weight excluding hydrogens is 412 g/mol. The molecule has 0 aliphatic carbocycles. The highest BCUT2D eigenvalue weighted by atomic mass is 16.5. The molecule has 4 rings (SSSR count). The highest BCUT2D eigenvalue weighted by Gasteiger charge is 2.18. The third-order valence-electron chi connectivity index (χ3n) is 6.58. The predicted molar refractivity (Wildman–Crippen MR) is 134 cm³/mol. The molecule has 174 valence electrons. The van der Waals surface area contributed by atoms with E-state index in [0.717, 1.165) is 67.4 Å². The second-order valence-electron chi connectivity index (χ2n) is 8.59. The molecule has 0 saturated carbocycles. The number of methoxy groups -OCH3 is 1. The van der Waals surface area contributed by atoms with Gasteiger partial charge in [-0.3, -0.25) is 9.69 Å². The lowest BCUT2D eigenvalue weighted by atomic mass is 10.1. The third kappa shape index (κ3) is 5.40. The van der Waals surface area contributed by atoms with Crippen LogP contribution in [-0.2, 0) is 7.05 Å². The van der Waals surface area contributed by atoms with Crippen LogP contribution in [0.1, 0.15) is 22.5 Å². The largest absolute Gasteiger partial charge is 0.497 e. The van der Waals surface area contributed by atoms with Gasteiger partial charge in [0.2, 0.25) is 0 Å². The Morgan fingerprint density at radius 3 is 2.48 bits per heavy atom. The summed E-state index contributed by atoms with van der Waals surface area (Å²) < 4.78 is 7.44. The number of nitrogens with zero attached hydrogens (tertiary/aromatic N) is 3. The van der Waals surface area contributed by atoms with Gasteiger partial charge in [0, 0.05) is 62.9 Å². The summed E-state index contributed by atoms with van der Waals surface area (Å²) in [5.41, 5.74) is 5.14. The fraction of sp³-hybridized carbons (Fsp3) is 0.370. The molecule has 0 atom stereocenters. The Kier molecular flexibility index (Phi) is 7.35. The number of hydrogen-bond acceptors (Lipinski definition) is 4. The van der Waals surface area contributed by atoms with Crippen LogP contribution in [0, 0.1) is 6.92 Å². The van der Waals surface area contributed by atoms with Crippen molar-refractivity contribution in [2.75, 3.05) is 51.3 Å². The zero-order valence-electron chi connectivity index (χ0n) is 19.9. The van der Waals surface area contributed by atoms with Gasteiger partial charge in [0.15, 0.2) is 0 Å². The van der Waals surface area contributed by atoms with Crippen LogP contribution in [0.4, 0.5) is 5.69 Å². The quantitative estimate of drug-likeness (QED) is 0.533. The van der Waals surface area contributed by atoms with E-state index in [0.29, 0.717) is 6.54 Å². The van der Waals surface area contributed by atoms with Crippen molar-refractivity contribution in [1.82, 2.24) is 14.8 Å². The predicted octanol–water partition coefficient (Wildman–Crippen LogP) is 3.95. The number of anilines is 1. The standard InChI is InChI=1S/C27H34N4O2/c1-21-25(20-26(29(21)2)22-9-5-4-6-10-22)27(32)28-13-8-14-30-15-17-31(18-16-30)23-11-7-12-24(19-23)33-3/h4-7,9-12,19-20H,8,13-18H2,1-3H3,(H,28,32). The van der Waals surface area contributed by atoms with E-state index < -0.39 is 0 Å². The van der Waals surface area contributed by atoms with Crippen molar-refractivity contribution in [1.29, 1.82) is 0 Å². The van der Waals surface area contributed by atoms with E-state index in [-0.39, 0.29) is 5.91 Å². The summed E-state index contributed by atoms with van der Waals surface area (Å²) in [6, 6.07) is 20.5. The first-order chi connectivity index (χ1) is 16.1. The Hall–Kier alpha value is -3.25. The Bertz CT molecular complexity index is 1070. The van der Waals surface area contributed by atoms with Gasteiger partial charge in [-0.1, -0.05) is 36.4 Å². The summed E-state index contributed by atoms with van der Waals surface area (Å²) in [7, 11) is 3.72. The zero-order valence-corrected chi connectivity index (χ0v) is 19.9. The van der Waals surface area contributed by atoms with Gasteiger partial charge in [-0.05, 0) is 43.7 Å². The Morgan fingerprint density at radius 1 is 1.00 bits per heavy atom. The van der Waals surface area contributed by atoms with Crippen molar-refractivity contribution >= 4 is 11.6 Å². The maximum absolute atomic E-state index is 12.8. The van der Waals surface area contributed by atoms with Crippen LogP contribution in [-0.4, -0.2) is 61.8 Å². The van der Waals surface area contributed by atoms with Gasteiger partial charge in [-0.15, -0.1) is 0 Å². The van der Waals surface area contributed by atoms with Gasteiger partial charge < -0.3 is 19.5 Å². The van der Waals surface area contributed by atoms with Crippen LogP contribution in [0.3, 0.4) is 0 Å². The molecule has 0 radical (unpaired) electrons. The number of piperazine rings is 1. The minimum absolute atomic E-state index is 0.00752. The van der Waals surface area contributed by atoms with Crippen LogP contribution in [0.15, 0.2) is 60.7 Å². The number of benzene rings is 2. The molecule has 1 aliphatic heterocycles. The maximum Gasteiger partial charge on any atom is 0.253 e. The van der Waals surface area contributed by atoms with Gasteiger partial charge in [-0.2, -0.15) is 0 Å². The fourth-order valence-electron chi connectivity index (χ4n) is 4.45. The van der Waals surface area contributed by atoms with Gasteiger partial charge in [0.1, 0.15) is 5.75 Å². The molecule has 1 saturated heterocycles. The number of hydrogen-bond donors (Lipinski definition) is 1. The smallest absolute Gasteiger partial charge is 0.253 e. The number of amides is 1. The first-order valence-electron chi connectivity index (χ1n) is 11.7. The lowest BCUT2D eigenvalue weighted by Crippen LogP contribution is -2.47. The second kappa shape index (κ2) is 10.6. The lowest BCUT2D eigenvalue weighted by molar-refractivity contribution is 0.0950. The maximum atomic E-state index is 12.8. The molecule has 2 aromatic carbocycles. The Balaban J connectivity index is 1.23. The molecule has 0 bridgehead atoms. The minimum atomic E-state index is 0.00752. The summed E-state index contributed by atoms with van der Waals surface area (Å²) in [5, 5.41) is 3.12. The first-order valence-corrected chi connectivity index (χ1v) is 11.7. The van der Waals surface area contributed by atoms with E-state index >= 15 is 0 Å². The number of rotatable bonds is 8. The summed E-state index contributed by atoms with van der Waals surface area (Å²) in [6.07, 6.45) is 0.947. The molecule has 1 amide bonds. The number of aromatic nitrogens is 1. The number of carbonyl (C=O) groups excluding carboxylic acids is 1. The van der Waals surface area contributed by atoms with Gasteiger partial charge in [0.05, 0.1) is 12.7 Å². The molecule has 2 heterocycles. The lowest BCUT2D eigenvalue weighted by Gasteiger charge is -2.36. The SMILES string of the molecule is COc1cccc(N2CCN(CCCNC(=O)c3cc(-c4ccccc4)n(C)c3C)CC2)c1. The molecule has 6 heteroatoms. The number of carbonyl (C=O) groups is 1. The number of nitrogens with one attached hydrogen (secondary N) is 1. The van der Waals surface area contributed by atoms with Crippen LogP contribution < -0.4 is 15.0 Å². The molecule has 33 heavy (non-hydrogen) atoms. The van der Waals surface area contributed by atoms with E-state index in [1.165, 1.54) is 5.69 Å². The zero-order chi connectivity index (χ0) is 23.2. The first kappa shape index (κ1) is 22.9. The average Bonchev–Trinajstić information content (AvgIpc) is 3.17. The molecule has 3 aromatic rings. The monoisotopic (exact) mass is 446 g/mol. The summed E-state index contributed by atoms with van der Waals surface area (Å²) in [5.74, 6) is 0.906. The van der Waals surface area contributed by atoms with Crippen molar-refractivity contribution in [2.45, 2.75) is 13.3 Å². The molecule has 1 aliphatic rings.